The number of esters is 1. The molecule has 0 amide bonds. The van der Waals surface area contributed by atoms with Crippen LogP contribution >= 0.6 is 0 Å². The third-order valence-electron chi connectivity index (χ3n) is 4.09. The first kappa shape index (κ1) is 15.3. The quantitative estimate of drug-likeness (QED) is 0.379. The summed E-state index contributed by atoms with van der Waals surface area (Å²) in [5.41, 5.74) is 0.698. The lowest BCUT2D eigenvalue weighted by Gasteiger charge is -2.29. The molecule has 0 bridgehead atoms. The minimum Gasteiger partial charge on any atom is -0.463 e. The van der Waals surface area contributed by atoms with Gasteiger partial charge in [-0.1, -0.05) is 39.2 Å². The summed E-state index contributed by atoms with van der Waals surface area (Å²) in [5, 5.41) is 0. The lowest BCUT2D eigenvalue weighted by atomic mass is 9.77. The molecule has 0 N–H and O–H groups in total. The molecule has 0 aliphatic heterocycles. The summed E-state index contributed by atoms with van der Waals surface area (Å²) < 4.78 is 5.02. The average Bonchev–Trinajstić information content (AvgIpc) is 2.39. The first-order chi connectivity index (χ1) is 8.69. The Balaban J connectivity index is 2.26. The van der Waals surface area contributed by atoms with Crippen LogP contribution in [0.5, 0.6) is 0 Å². The molecule has 0 aromatic carbocycles. The number of rotatable bonds is 7. The van der Waals surface area contributed by atoms with Gasteiger partial charge in [-0.2, -0.15) is 0 Å². The van der Waals surface area contributed by atoms with Crippen molar-refractivity contribution in [1.29, 1.82) is 0 Å². The van der Waals surface area contributed by atoms with Crippen LogP contribution < -0.4 is 0 Å². The van der Waals surface area contributed by atoms with Gasteiger partial charge < -0.3 is 4.74 Å². The molecular formula is C16H28O2. The van der Waals surface area contributed by atoms with Crippen molar-refractivity contribution in [2.75, 3.05) is 6.61 Å². The highest BCUT2D eigenvalue weighted by atomic mass is 16.5. The second-order valence-electron chi connectivity index (χ2n) is 5.46. The Kier molecular flexibility index (Phi) is 7.07. The summed E-state index contributed by atoms with van der Waals surface area (Å²) in [6.45, 7) is 8.46. The van der Waals surface area contributed by atoms with Crippen LogP contribution in [0.4, 0.5) is 0 Å². The molecule has 2 nitrogen and oxygen atoms in total. The topological polar surface area (TPSA) is 26.3 Å². The van der Waals surface area contributed by atoms with E-state index in [9.17, 15) is 4.79 Å². The Hall–Kier alpha value is -0.790. The fourth-order valence-corrected chi connectivity index (χ4v) is 2.87. The Morgan fingerprint density at radius 1 is 1.17 bits per heavy atom. The van der Waals surface area contributed by atoms with E-state index in [2.05, 4.69) is 13.5 Å². The Labute approximate surface area is 112 Å². The average molecular weight is 252 g/mol. The highest BCUT2D eigenvalue weighted by Crippen LogP contribution is 2.35. The maximum absolute atomic E-state index is 11.6. The molecule has 104 valence electrons. The molecule has 0 aromatic heterocycles. The van der Waals surface area contributed by atoms with Gasteiger partial charge in [0.15, 0.2) is 0 Å². The van der Waals surface area contributed by atoms with Crippen molar-refractivity contribution in [3.8, 4) is 0 Å². The van der Waals surface area contributed by atoms with Crippen LogP contribution in [0.15, 0.2) is 12.2 Å². The Morgan fingerprint density at radius 2 is 1.83 bits per heavy atom. The number of carbonyl (C=O) groups excluding carboxylic acids is 1. The van der Waals surface area contributed by atoms with Crippen molar-refractivity contribution >= 4 is 5.97 Å². The lowest BCUT2D eigenvalue weighted by Crippen LogP contribution is -2.21. The largest absolute Gasteiger partial charge is 0.463 e. The third-order valence-corrected chi connectivity index (χ3v) is 4.09. The molecule has 0 spiro atoms. The summed E-state index contributed by atoms with van der Waals surface area (Å²) >= 11 is 0. The van der Waals surface area contributed by atoms with Gasteiger partial charge in [-0.3, -0.25) is 0 Å². The van der Waals surface area contributed by atoms with Crippen molar-refractivity contribution in [1.82, 2.24) is 0 Å². The third kappa shape index (κ3) is 4.83. The van der Waals surface area contributed by atoms with E-state index in [0.717, 1.165) is 18.8 Å². The van der Waals surface area contributed by atoms with Gasteiger partial charge in [0, 0.05) is 5.57 Å². The van der Waals surface area contributed by atoms with Crippen molar-refractivity contribution in [2.24, 2.45) is 11.8 Å². The molecule has 2 heteroatoms. The van der Waals surface area contributed by atoms with Gasteiger partial charge >= 0.3 is 5.97 Å². The van der Waals surface area contributed by atoms with E-state index in [-0.39, 0.29) is 5.97 Å². The van der Waals surface area contributed by atoms with E-state index in [1.165, 1.54) is 38.5 Å². The van der Waals surface area contributed by atoms with Crippen LogP contribution in [0.2, 0.25) is 0 Å². The zero-order valence-electron chi connectivity index (χ0n) is 12.0. The SMILES string of the molecule is C=C(C(=O)OCC)C1CCC(CCCCC)CC1. The molecule has 1 rings (SSSR count). The molecular weight excluding hydrogens is 224 g/mol. The summed E-state index contributed by atoms with van der Waals surface area (Å²) in [6, 6.07) is 0. The zero-order valence-corrected chi connectivity index (χ0v) is 12.0. The number of unbranched alkanes of at least 4 members (excludes halogenated alkanes) is 2. The van der Waals surface area contributed by atoms with Gasteiger partial charge in [0.1, 0.15) is 0 Å². The van der Waals surface area contributed by atoms with Crippen LogP contribution in [0.25, 0.3) is 0 Å². The van der Waals surface area contributed by atoms with E-state index in [1.54, 1.807) is 0 Å². The molecule has 1 fully saturated rings. The highest BCUT2D eigenvalue weighted by Gasteiger charge is 2.26. The second kappa shape index (κ2) is 8.34. The van der Waals surface area contributed by atoms with Crippen molar-refractivity contribution < 1.29 is 9.53 Å². The van der Waals surface area contributed by atoms with Crippen LogP contribution in [0.1, 0.15) is 65.2 Å². The van der Waals surface area contributed by atoms with Crippen molar-refractivity contribution in [3.63, 3.8) is 0 Å². The smallest absolute Gasteiger partial charge is 0.333 e. The minimum absolute atomic E-state index is 0.188. The molecule has 0 aromatic rings. The van der Waals surface area contributed by atoms with Gasteiger partial charge in [-0.25, -0.2) is 4.79 Å². The van der Waals surface area contributed by atoms with Gasteiger partial charge in [0.25, 0.3) is 0 Å². The van der Waals surface area contributed by atoms with E-state index in [4.69, 9.17) is 4.74 Å². The van der Waals surface area contributed by atoms with Crippen LogP contribution in [0.3, 0.4) is 0 Å². The molecule has 0 unspecified atom stereocenters. The molecule has 1 aliphatic carbocycles. The molecule has 0 atom stereocenters. The monoisotopic (exact) mass is 252 g/mol. The van der Waals surface area contributed by atoms with Gasteiger partial charge in [0.2, 0.25) is 0 Å². The van der Waals surface area contributed by atoms with Crippen LogP contribution in [-0.2, 0) is 9.53 Å². The fourth-order valence-electron chi connectivity index (χ4n) is 2.87. The van der Waals surface area contributed by atoms with Crippen LogP contribution in [0, 0.1) is 11.8 Å². The number of carbonyl (C=O) groups is 1. The molecule has 0 heterocycles. The number of hydrogen-bond donors (Lipinski definition) is 0. The first-order valence-electron chi connectivity index (χ1n) is 7.54. The molecule has 1 aliphatic rings. The first-order valence-corrected chi connectivity index (χ1v) is 7.54. The van der Waals surface area contributed by atoms with E-state index >= 15 is 0 Å². The molecule has 0 radical (unpaired) electrons. The molecule has 0 saturated heterocycles. The van der Waals surface area contributed by atoms with Gasteiger partial charge in [-0.15, -0.1) is 0 Å². The number of ether oxygens (including phenoxy) is 1. The summed E-state index contributed by atoms with van der Waals surface area (Å²) in [5.74, 6) is 1.06. The van der Waals surface area contributed by atoms with Crippen molar-refractivity contribution in [2.45, 2.75) is 65.2 Å². The summed E-state index contributed by atoms with van der Waals surface area (Å²) in [7, 11) is 0. The lowest BCUT2D eigenvalue weighted by molar-refractivity contribution is -0.139. The van der Waals surface area contributed by atoms with E-state index < -0.39 is 0 Å². The van der Waals surface area contributed by atoms with Crippen molar-refractivity contribution in [3.05, 3.63) is 12.2 Å². The maximum atomic E-state index is 11.6. The van der Waals surface area contributed by atoms with Gasteiger partial charge in [-0.05, 0) is 44.4 Å². The van der Waals surface area contributed by atoms with E-state index in [0.29, 0.717) is 18.1 Å². The second-order valence-corrected chi connectivity index (χ2v) is 5.46. The zero-order chi connectivity index (χ0) is 13.4. The predicted molar refractivity (Wildman–Crippen MR) is 75.4 cm³/mol. The summed E-state index contributed by atoms with van der Waals surface area (Å²) in [6.07, 6.45) is 10.1. The summed E-state index contributed by atoms with van der Waals surface area (Å²) in [4.78, 5) is 11.6. The molecule has 1 saturated carbocycles. The predicted octanol–water partition coefficient (Wildman–Crippen LogP) is 4.49. The van der Waals surface area contributed by atoms with E-state index in [1.807, 2.05) is 6.92 Å². The fraction of sp³-hybridized carbons (Fsp3) is 0.812. The minimum atomic E-state index is -0.188. The number of hydrogen-bond acceptors (Lipinski definition) is 2. The Morgan fingerprint density at radius 3 is 2.39 bits per heavy atom. The molecule has 18 heavy (non-hydrogen) atoms. The van der Waals surface area contributed by atoms with Crippen LogP contribution in [-0.4, -0.2) is 12.6 Å². The van der Waals surface area contributed by atoms with Gasteiger partial charge in [0.05, 0.1) is 6.61 Å². The normalized spacial score (nSPS) is 23.7. The highest BCUT2D eigenvalue weighted by molar-refractivity contribution is 5.88. The standard InChI is InChI=1S/C16H28O2/c1-4-6-7-8-14-9-11-15(12-10-14)13(3)16(17)18-5-2/h14-15H,3-12H2,1-2H3. The Bertz CT molecular complexity index is 262. The maximum Gasteiger partial charge on any atom is 0.333 e.